The molecule has 0 fully saturated rings. The number of para-hydroxylation sites is 1. The van der Waals surface area contributed by atoms with E-state index in [1.807, 2.05) is 6.07 Å². The first kappa shape index (κ1) is 25.4. The average Bonchev–Trinajstić information content (AvgIpc) is 3.38. The van der Waals surface area contributed by atoms with Crippen molar-refractivity contribution in [3.63, 3.8) is 0 Å². The van der Waals surface area contributed by atoms with Gasteiger partial charge in [-0.3, -0.25) is 9.29 Å². The number of halogens is 3. The van der Waals surface area contributed by atoms with Crippen LogP contribution in [0.3, 0.4) is 0 Å². The van der Waals surface area contributed by atoms with E-state index >= 15 is 4.39 Å². The second-order valence-electron chi connectivity index (χ2n) is 8.53. The molecule has 4 N–H and O–H groups in total. The van der Waals surface area contributed by atoms with E-state index in [1.54, 1.807) is 41.2 Å². The van der Waals surface area contributed by atoms with Crippen LogP contribution in [0.4, 0.5) is 31.7 Å². The predicted molar refractivity (Wildman–Crippen MR) is 148 cm³/mol. The summed E-state index contributed by atoms with van der Waals surface area (Å²) in [5, 5.41) is 2.55. The number of rotatable bonds is 6. The fourth-order valence-electron chi connectivity index (χ4n) is 4.13. The van der Waals surface area contributed by atoms with E-state index in [1.165, 1.54) is 24.5 Å². The second kappa shape index (κ2) is 9.70. The third kappa shape index (κ3) is 4.40. The molecule has 0 bridgehead atoms. The largest absolute Gasteiger partial charge is 0.397 e. The van der Waals surface area contributed by atoms with Gasteiger partial charge in [0.1, 0.15) is 45.9 Å². The van der Waals surface area contributed by atoms with Crippen molar-refractivity contribution in [1.29, 1.82) is 0 Å². The Hall–Kier alpha value is -4.88. The Morgan fingerprint density at radius 2 is 1.73 bits per heavy atom. The number of nitrogen functional groups attached to an aromatic ring is 1. The third-order valence-corrected chi connectivity index (χ3v) is 7.89. The van der Waals surface area contributed by atoms with Gasteiger partial charge in [-0.1, -0.05) is 29.8 Å². The summed E-state index contributed by atoms with van der Waals surface area (Å²) in [5.74, 6) is -1.77. The normalized spacial score (nSPS) is 11.7. The highest BCUT2D eigenvalue weighted by Gasteiger charge is 2.23. The zero-order valence-electron chi connectivity index (χ0n) is 20.2. The van der Waals surface area contributed by atoms with Crippen molar-refractivity contribution in [1.82, 2.24) is 24.5 Å². The zero-order valence-corrected chi connectivity index (χ0v) is 21.8. The quantitative estimate of drug-likeness (QED) is 0.222. The van der Waals surface area contributed by atoms with Gasteiger partial charge >= 0.3 is 0 Å². The van der Waals surface area contributed by atoms with E-state index in [4.69, 9.17) is 17.3 Å². The van der Waals surface area contributed by atoms with Gasteiger partial charge in [0.2, 0.25) is 0 Å². The standard InChI is InChI=1S/C26H17ClF2N8O2S/c27-14-4-1-2-7-20(14)40(38,39)36-17-9-8-15(28)23(22(17)29)35-26-25-18(31-12-32-26)10-11-21(34-25)37-13-33-24-16(30)5-3-6-19(24)37/h1-13,36H,30H2,(H,31,32,35). The lowest BCUT2D eigenvalue weighted by molar-refractivity contribution is 0.588. The molecule has 3 aromatic carbocycles. The molecule has 40 heavy (non-hydrogen) atoms. The molecule has 0 aliphatic carbocycles. The minimum Gasteiger partial charge on any atom is -0.397 e. The molecule has 0 aliphatic heterocycles. The van der Waals surface area contributed by atoms with Crippen molar-refractivity contribution in [2.75, 3.05) is 15.8 Å². The lowest BCUT2D eigenvalue weighted by atomic mass is 10.2. The molecular weight excluding hydrogens is 562 g/mol. The Kier molecular flexibility index (Phi) is 6.16. The molecule has 200 valence electrons. The molecule has 3 aromatic heterocycles. The lowest BCUT2D eigenvalue weighted by Gasteiger charge is -2.14. The van der Waals surface area contributed by atoms with E-state index in [0.29, 0.717) is 28.1 Å². The van der Waals surface area contributed by atoms with Gasteiger partial charge in [-0.2, -0.15) is 0 Å². The van der Waals surface area contributed by atoms with Crippen LogP contribution in [0, 0.1) is 11.6 Å². The number of nitrogens with zero attached hydrogens (tertiary/aromatic N) is 5. The van der Waals surface area contributed by atoms with Crippen LogP contribution in [-0.2, 0) is 10.0 Å². The molecule has 6 rings (SSSR count). The van der Waals surface area contributed by atoms with Crippen molar-refractivity contribution in [2.24, 2.45) is 0 Å². The molecule has 0 radical (unpaired) electrons. The minimum atomic E-state index is -4.28. The van der Waals surface area contributed by atoms with Crippen LogP contribution in [0.1, 0.15) is 0 Å². The van der Waals surface area contributed by atoms with Gasteiger partial charge in [0, 0.05) is 0 Å². The molecule has 0 atom stereocenters. The highest BCUT2D eigenvalue weighted by molar-refractivity contribution is 7.92. The SMILES string of the molecule is Nc1cccc2c1ncn2-c1ccc2ncnc(Nc3c(F)ccc(NS(=O)(=O)c4ccccc4Cl)c3F)c2n1. The smallest absolute Gasteiger partial charge is 0.263 e. The maximum absolute atomic E-state index is 15.5. The number of nitrogens with two attached hydrogens (primary N) is 1. The van der Waals surface area contributed by atoms with Gasteiger partial charge in [0.15, 0.2) is 11.6 Å². The van der Waals surface area contributed by atoms with Crippen molar-refractivity contribution < 1.29 is 17.2 Å². The maximum Gasteiger partial charge on any atom is 0.263 e. The number of aromatic nitrogens is 5. The molecule has 0 spiro atoms. The maximum atomic E-state index is 15.5. The summed E-state index contributed by atoms with van der Waals surface area (Å²) in [5.41, 5.74) is 7.26. The number of hydrogen-bond donors (Lipinski definition) is 3. The van der Waals surface area contributed by atoms with Gasteiger partial charge in [-0.25, -0.2) is 37.1 Å². The first-order valence-electron chi connectivity index (χ1n) is 11.6. The highest BCUT2D eigenvalue weighted by atomic mass is 35.5. The minimum absolute atomic E-state index is 0.0142. The van der Waals surface area contributed by atoms with Gasteiger partial charge in [-0.05, 0) is 48.5 Å². The lowest BCUT2D eigenvalue weighted by Crippen LogP contribution is -2.15. The molecule has 3 heterocycles. The van der Waals surface area contributed by atoms with Crippen LogP contribution in [0.15, 0.2) is 84.3 Å². The Balaban J connectivity index is 1.40. The van der Waals surface area contributed by atoms with Crippen LogP contribution >= 0.6 is 11.6 Å². The monoisotopic (exact) mass is 578 g/mol. The Bertz CT molecular complexity index is 2050. The van der Waals surface area contributed by atoms with Gasteiger partial charge < -0.3 is 11.1 Å². The number of imidazole rings is 1. The summed E-state index contributed by atoms with van der Waals surface area (Å²) in [6.45, 7) is 0. The molecule has 0 saturated carbocycles. The predicted octanol–water partition coefficient (Wildman–Crippen LogP) is 5.42. The summed E-state index contributed by atoms with van der Waals surface area (Å²) in [7, 11) is -4.28. The number of anilines is 4. The first-order chi connectivity index (χ1) is 19.2. The molecule has 14 heteroatoms. The molecular formula is C26H17ClF2N8O2S. The molecule has 0 unspecified atom stereocenters. The van der Waals surface area contributed by atoms with Crippen molar-refractivity contribution in [3.8, 4) is 5.82 Å². The van der Waals surface area contributed by atoms with Gasteiger partial charge in [0.05, 0.1) is 27.4 Å². The molecule has 6 aromatic rings. The number of benzene rings is 3. The van der Waals surface area contributed by atoms with Crippen LogP contribution < -0.4 is 15.8 Å². The molecule has 0 aliphatic rings. The number of nitrogens with one attached hydrogen (secondary N) is 2. The number of pyridine rings is 1. The molecule has 0 saturated heterocycles. The first-order valence-corrected chi connectivity index (χ1v) is 13.4. The van der Waals surface area contributed by atoms with Crippen molar-refractivity contribution in [2.45, 2.75) is 4.90 Å². The fraction of sp³-hybridized carbons (Fsp3) is 0. The summed E-state index contributed by atoms with van der Waals surface area (Å²) in [6.07, 6.45) is 2.76. The van der Waals surface area contributed by atoms with Crippen LogP contribution in [-0.4, -0.2) is 32.9 Å². The summed E-state index contributed by atoms with van der Waals surface area (Å²) in [6, 6.07) is 16.3. The number of hydrogen-bond acceptors (Lipinski definition) is 8. The van der Waals surface area contributed by atoms with E-state index in [0.717, 1.165) is 12.1 Å². The highest BCUT2D eigenvalue weighted by Crippen LogP contribution is 2.32. The average molecular weight is 579 g/mol. The fourth-order valence-corrected chi connectivity index (χ4v) is 5.71. The van der Waals surface area contributed by atoms with E-state index in [2.05, 4.69) is 30.0 Å². The Labute approximate surface area is 230 Å². The van der Waals surface area contributed by atoms with E-state index < -0.39 is 33.0 Å². The number of fused-ring (bicyclic) bond motifs is 2. The summed E-state index contributed by atoms with van der Waals surface area (Å²) < 4.78 is 59.9. The Morgan fingerprint density at radius 3 is 2.55 bits per heavy atom. The topological polar surface area (TPSA) is 141 Å². The second-order valence-corrected chi connectivity index (χ2v) is 10.6. The summed E-state index contributed by atoms with van der Waals surface area (Å²) >= 11 is 6.01. The van der Waals surface area contributed by atoms with E-state index in [-0.39, 0.29) is 21.3 Å². The van der Waals surface area contributed by atoms with Crippen molar-refractivity contribution in [3.05, 3.63) is 96.0 Å². The van der Waals surface area contributed by atoms with Crippen LogP contribution in [0.2, 0.25) is 5.02 Å². The number of sulfonamides is 1. The summed E-state index contributed by atoms with van der Waals surface area (Å²) in [4.78, 5) is 17.0. The third-order valence-electron chi connectivity index (χ3n) is 6.03. The van der Waals surface area contributed by atoms with E-state index in [9.17, 15) is 12.8 Å². The molecule has 10 nitrogen and oxygen atoms in total. The van der Waals surface area contributed by atoms with Gasteiger partial charge in [-0.15, -0.1) is 0 Å². The Morgan fingerprint density at radius 1 is 0.900 bits per heavy atom. The van der Waals surface area contributed by atoms with Gasteiger partial charge in [0.25, 0.3) is 10.0 Å². The molecule has 0 amide bonds. The van der Waals surface area contributed by atoms with Crippen molar-refractivity contribution >= 4 is 66.6 Å². The zero-order chi connectivity index (χ0) is 28.0. The van der Waals surface area contributed by atoms with Crippen LogP contribution in [0.5, 0.6) is 0 Å². The van der Waals surface area contributed by atoms with Crippen LogP contribution in [0.25, 0.3) is 27.9 Å².